The predicted octanol–water partition coefficient (Wildman–Crippen LogP) is 1.96. The summed E-state index contributed by atoms with van der Waals surface area (Å²) in [4.78, 5) is 22.7. The maximum atomic E-state index is 11.3. The van der Waals surface area contributed by atoms with Crippen molar-refractivity contribution in [3.05, 3.63) is 35.4 Å². The topological polar surface area (TPSA) is 52.6 Å². The minimum Gasteiger partial charge on any atom is -0.461 e. The van der Waals surface area contributed by atoms with E-state index in [1.807, 2.05) is 24.3 Å². The molecule has 0 spiro atoms. The van der Waals surface area contributed by atoms with Crippen LogP contribution in [0.5, 0.6) is 0 Å². The number of ether oxygens (including phenoxy) is 2. The number of esters is 2. The SMILES string of the molecule is O=C1CCCC(=O)OCc2cccc(c2)CO1. The van der Waals surface area contributed by atoms with E-state index in [2.05, 4.69) is 0 Å². The van der Waals surface area contributed by atoms with Gasteiger partial charge in [-0.2, -0.15) is 0 Å². The lowest BCUT2D eigenvalue weighted by molar-refractivity contribution is -0.147. The molecule has 17 heavy (non-hydrogen) atoms. The second kappa shape index (κ2) is 5.48. The Morgan fingerprint density at radius 1 is 0.882 bits per heavy atom. The van der Waals surface area contributed by atoms with Gasteiger partial charge in [-0.25, -0.2) is 0 Å². The summed E-state index contributed by atoms with van der Waals surface area (Å²) in [5.41, 5.74) is 1.82. The van der Waals surface area contributed by atoms with E-state index in [0.717, 1.165) is 11.1 Å². The lowest BCUT2D eigenvalue weighted by atomic mass is 10.1. The Morgan fingerprint density at radius 3 is 1.94 bits per heavy atom. The smallest absolute Gasteiger partial charge is 0.306 e. The summed E-state index contributed by atoms with van der Waals surface area (Å²) in [6.45, 7) is 0.557. The number of hydrogen-bond donors (Lipinski definition) is 0. The fourth-order valence-electron chi connectivity index (χ4n) is 1.66. The molecule has 0 atom stereocenters. The Labute approximate surface area is 99.5 Å². The number of carbonyl (C=O) groups is 2. The van der Waals surface area contributed by atoms with E-state index >= 15 is 0 Å². The maximum absolute atomic E-state index is 11.3. The number of hydrogen-bond acceptors (Lipinski definition) is 4. The molecule has 0 aliphatic carbocycles. The van der Waals surface area contributed by atoms with Crippen molar-refractivity contribution in [2.24, 2.45) is 0 Å². The van der Waals surface area contributed by atoms with Gasteiger partial charge in [-0.1, -0.05) is 18.2 Å². The van der Waals surface area contributed by atoms with E-state index in [1.165, 1.54) is 0 Å². The molecule has 4 heteroatoms. The van der Waals surface area contributed by atoms with Crippen LogP contribution in [0.25, 0.3) is 0 Å². The highest BCUT2D eigenvalue weighted by Gasteiger charge is 2.10. The molecule has 1 aliphatic heterocycles. The van der Waals surface area contributed by atoms with E-state index in [4.69, 9.17) is 9.47 Å². The number of benzene rings is 1. The van der Waals surface area contributed by atoms with Crippen LogP contribution in [0.15, 0.2) is 24.3 Å². The fraction of sp³-hybridized carbons (Fsp3) is 0.385. The Morgan fingerprint density at radius 2 is 1.41 bits per heavy atom. The standard InChI is InChI=1S/C13H14O4/c14-12-5-2-6-13(15)17-9-11-4-1-3-10(7-11)8-16-12/h1,3-4,7H,2,5-6,8-9H2. The van der Waals surface area contributed by atoms with Crippen molar-refractivity contribution in [3.63, 3.8) is 0 Å². The van der Waals surface area contributed by atoms with Crippen molar-refractivity contribution < 1.29 is 19.1 Å². The first-order valence-corrected chi connectivity index (χ1v) is 5.63. The molecule has 4 nitrogen and oxygen atoms in total. The molecule has 0 radical (unpaired) electrons. The molecule has 2 bridgehead atoms. The highest BCUT2D eigenvalue weighted by Crippen LogP contribution is 2.11. The van der Waals surface area contributed by atoms with Crippen LogP contribution in [0.3, 0.4) is 0 Å². The van der Waals surface area contributed by atoms with E-state index in [-0.39, 0.29) is 38.0 Å². The zero-order valence-corrected chi connectivity index (χ0v) is 9.48. The summed E-state index contributed by atoms with van der Waals surface area (Å²) in [6.07, 6.45) is 0.995. The number of carbonyl (C=O) groups excluding carboxylic acids is 2. The van der Waals surface area contributed by atoms with Crippen LogP contribution in [0, 0.1) is 0 Å². The van der Waals surface area contributed by atoms with E-state index < -0.39 is 0 Å². The summed E-state index contributed by atoms with van der Waals surface area (Å²) in [7, 11) is 0. The largest absolute Gasteiger partial charge is 0.461 e. The maximum Gasteiger partial charge on any atom is 0.306 e. The quantitative estimate of drug-likeness (QED) is 0.644. The summed E-state index contributed by atoms with van der Waals surface area (Å²) >= 11 is 0. The van der Waals surface area contributed by atoms with Crippen LogP contribution in [0.2, 0.25) is 0 Å². The summed E-state index contributed by atoms with van der Waals surface area (Å²) < 4.78 is 10.2. The van der Waals surface area contributed by atoms with Gasteiger partial charge in [0, 0.05) is 12.8 Å². The van der Waals surface area contributed by atoms with Gasteiger partial charge in [0.25, 0.3) is 0 Å². The van der Waals surface area contributed by atoms with Gasteiger partial charge in [0.1, 0.15) is 13.2 Å². The molecule has 0 unspecified atom stereocenters. The van der Waals surface area contributed by atoms with Crippen molar-refractivity contribution in [3.8, 4) is 0 Å². The van der Waals surface area contributed by atoms with Crippen LogP contribution in [-0.2, 0) is 32.3 Å². The third-order valence-corrected chi connectivity index (χ3v) is 2.55. The molecular weight excluding hydrogens is 220 g/mol. The van der Waals surface area contributed by atoms with Gasteiger partial charge in [-0.15, -0.1) is 0 Å². The summed E-state index contributed by atoms with van der Waals surface area (Å²) in [5.74, 6) is -0.549. The van der Waals surface area contributed by atoms with Crippen molar-refractivity contribution in [1.82, 2.24) is 0 Å². The molecule has 1 heterocycles. The van der Waals surface area contributed by atoms with Gasteiger partial charge in [0.2, 0.25) is 0 Å². The van der Waals surface area contributed by atoms with Gasteiger partial charge in [0.15, 0.2) is 0 Å². The summed E-state index contributed by atoms with van der Waals surface area (Å²) in [6, 6.07) is 7.50. The molecular formula is C13H14O4. The van der Waals surface area contributed by atoms with Crippen LogP contribution in [0.4, 0.5) is 0 Å². The van der Waals surface area contributed by atoms with Crippen LogP contribution in [-0.4, -0.2) is 11.9 Å². The highest BCUT2D eigenvalue weighted by atomic mass is 16.5. The van der Waals surface area contributed by atoms with Crippen molar-refractivity contribution in [1.29, 1.82) is 0 Å². The Bertz CT molecular complexity index is 390. The number of fused-ring (bicyclic) bond motifs is 2. The van der Waals surface area contributed by atoms with Crippen molar-refractivity contribution in [2.45, 2.75) is 32.5 Å². The van der Waals surface area contributed by atoms with Crippen LogP contribution in [0.1, 0.15) is 30.4 Å². The first-order valence-electron chi connectivity index (χ1n) is 5.63. The Kier molecular flexibility index (Phi) is 3.75. The molecule has 0 fully saturated rings. The second-order valence-electron chi connectivity index (χ2n) is 3.99. The average molecular weight is 234 g/mol. The molecule has 1 aliphatic rings. The molecule has 1 aromatic carbocycles. The second-order valence-corrected chi connectivity index (χ2v) is 3.99. The molecule has 0 amide bonds. The molecule has 2 rings (SSSR count). The molecule has 0 saturated heterocycles. The van der Waals surface area contributed by atoms with Gasteiger partial charge in [-0.3, -0.25) is 9.59 Å². The summed E-state index contributed by atoms with van der Waals surface area (Å²) in [5, 5.41) is 0. The van der Waals surface area contributed by atoms with Gasteiger partial charge >= 0.3 is 11.9 Å². The third kappa shape index (κ3) is 3.59. The zero-order valence-electron chi connectivity index (χ0n) is 9.48. The van der Waals surface area contributed by atoms with Gasteiger partial charge < -0.3 is 9.47 Å². The lowest BCUT2D eigenvalue weighted by Gasteiger charge is -2.10. The zero-order chi connectivity index (χ0) is 12.1. The monoisotopic (exact) mass is 234 g/mol. The minimum absolute atomic E-state index is 0.259. The first-order chi connectivity index (χ1) is 8.24. The van der Waals surface area contributed by atoms with Crippen LogP contribution < -0.4 is 0 Å². The highest BCUT2D eigenvalue weighted by molar-refractivity contribution is 5.72. The average Bonchev–Trinajstić information content (AvgIpc) is 2.33. The van der Waals surface area contributed by atoms with Crippen molar-refractivity contribution >= 4 is 11.9 Å². The lowest BCUT2D eigenvalue weighted by Crippen LogP contribution is -2.10. The number of cyclic esters (lactones) is 2. The van der Waals surface area contributed by atoms with E-state index in [1.54, 1.807) is 0 Å². The molecule has 0 aromatic heterocycles. The number of rotatable bonds is 0. The Hall–Kier alpha value is -1.84. The minimum atomic E-state index is -0.274. The third-order valence-electron chi connectivity index (χ3n) is 2.55. The van der Waals surface area contributed by atoms with Gasteiger partial charge in [-0.05, 0) is 23.6 Å². The molecule has 0 saturated carbocycles. The van der Waals surface area contributed by atoms with E-state index in [0.29, 0.717) is 6.42 Å². The van der Waals surface area contributed by atoms with Crippen LogP contribution >= 0.6 is 0 Å². The molecule has 90 valence electrons. The van der Waals surface area contributed by atoms with E-state index in [9.17, 15) is 9.59 Å². The fourth-order valence-corrected chi connectivity index (χ4v) is 1.66. The van der Waals surface area contributed by atoms with Gasteiger partial charge in [0.05, 0.1) is 0 Å². The predicted molar refractivity (Wildman–Crippen MR) is 59.9 cm³/mol. The van der Waals surface area contributed by atoms with Crippen molar-refractivity contribution in [2.75, 3.05) is 0 Å². The Balaban J connectivity index is 2.12. The molecule has 0 N–H and O–H groups in total. The normalized spacial score (nSPS) is 17.4. The molecule has 1 aromatic rings. The first kappa shape index (κ1) is 11.6.